The molecule has 1 atom stereocenters. The molecule has 33 heavy (non-hydrogen) atoms. The van der Waals surface area contributed by atoms with E-state index in [1.165, 1.54) is 15.9 Å². The highest BCUT2D eigenvalue weighted by Gasteiger charge is 2.33. The van der Waals surface area contributed by atoms with E-state index < -0.39 is 12.0 Å². The van der Waals surface area contributed by atoms with Crippen LogP contribution < -0.4 is 19.6 Å². The molecule has 0 N–H and O–H groups in total. The van der Waals surface area contributed by atoms with Crippen LogP contribution in [-0.4, -0.2) is 24.3 Å². The summed E-state index contributed by atoms with van der Waals surface area (Å²) < 4.78 is 12.6. The number of methoxy groups -OCH3 is 1. The molecule has 4 rings (SSSR count). The molecular weight excluding hydrogens is 483 g/mol. The lowest BCUT2D eigenvalue weighted by Crippen LogP contribution is -2.39. The molecule has 0 saturated heterocycles. The molecule has 0 saturated carbocycles. The summed E-state index contributed by atoms with van der Waals surface area (Å²) in [5, 5.41) is 0.833. The molecule has 0 aliphatic carbocycles. The van der Waals surface area contributed by atoms with Crippen molar-refractivity contribution in [2.24, 2.45) is 4.99 Å². The number of nitrogens with zero attached hydrogens (tertiary/aromatic N) is 2. The Hall–Kier alpha value is -2.87. The zero-order valence-electron chi connectivity index (χ0n) is 18.1. The third-order valence-electron chi connectivity index (χ3n) is 5.19. The fourth-order valence-electron chi connectivity index (χ4n) is 3.65. The number of rotatable bonds is 5. The average Bonchev–Trinajstić information content (AvgIpc) is 3.10. The number of allylic oxidation sites excluding steroid dienone is 1. The summed E-state index contributed by atoms with van der Waals surface area (Å²) in [6, 6.07) is 11.7. The van der Waals surface area contributed by atoms with Crippen molar-refractivity contribution in [3.63, 3.8) is 0 Å². The van der Waals surface area contributed by atoms with E-state index in [1.54, 1.807) is 57.4 Å². The summed E-state index contributed by atoms with van der Waals surface area (Å²) in [6.07, 6.45) is 1.74. The van der Waals surface area contributed by atoms with Crippen LogP contribution in [0.4, 0.5) is 0 Å². The standard InChI is InChI=1S/C24H20Cl2N2O4S/c1-4-32-23(30)20-13(2)27-24-28(21(20)15-6-8-16(31-3)9-7-15)22(29)19(33-24)12-14-5-10-17(25)18(26)11-14/h5-12,21H,4H2,1-3H3/t21-/m1/s1. The van der Waals surface area contributed by atoms with Crippen LogP contribution in [0.2, 0.25) is 10.0 Å². The summed E-state index contributed by atoms with van der Waals surface area (Å²) in [7, 11) is 1.58. The van der Waals surface area contributed by atoms with E-state index in [4.69, 9.17) is 32.7 Å². The van der Waals surface area contributed by atoms with E-state index in [2.05, 4.69) is 4.99 Å². The van der Waals surface area contributed by atoms with Crippen molar-refractivity contribution >= 4 is 46.6 Å². The van der Waals surface area contributed by atoms with E-state index in [-0.39, 0.29) is 12.2 Å². The molecule has 0 fully saturated rings. The van der Waals surface area contributed by atoms with E-state index >= 15 is 0 Å². The number of benzene rings is 2. The van der Waals surface area contributed by atoms with Crippen LogP contribution in [0.1, 0.15) is 31.0 Å². The zero-order chi connectivity index (χ0) is 23.7. The minimum absolute atomic E-state index is 0.215. The summed E-state index contributed by atoms with van der Waals surface area (Å²) in [6.45, 7) is 3.70. The highest BCUT2D eigenvalue weighted by molar-refractivity contribution is 7.07. The van der Waals surface area contributed by atoms with Gasteiger partial charge < -0.3 is 9.47 Å². The Morgan fingerprint density at radius 2 is 1.91 bits per heavy atom. The number of halogens is 2. The molecular formula is C24H20Cl2N2O4S. The molecule has 2 aromatic carbocycles. The Kier molecular flexibility index (Phi) is 6.74. The first-order valence-electron chi connectivity index (χ1n) is 10.1. The van der Waals surface area contributed by atoms with Gasteiger partial charge in [0, 0.05) is 0 Å². The highest BCUT2D eigenvalue weighted by atomic mass is 35.5. The molecule has 1 aliphatic rings. The van der Waals surface area contributed by atoms with Crippen molar-refractivity contribution in [3.05, 3.63) is 94.6 Å². The van der Waals surface area contributed by atoms with Crippen LogP contribution in [0.3, 0.4) is 0 Å². The van der Waals surface area contributed by atoms with Gasteiger partial charge in [-0.15, -0.1) is 0 Å². The number of ether oxygens (including phenoxy) is 2. The van der Waals surface area contributed by atoms with Crippen molar-refractivity contribution in [3.8, 4) is 5.75 Å². The fraction of sp³-hybridized carbons (Fsp3) is 0.208. The summed E-state index contributed by atoms with van der Waals surface area (Å²) in [5.74, 6) is 0.169. The van der Waals surface area contributed by atoms with E-state index in [0.29, 0.717) is 36.4 Å². The third kappa shape index (κ3) is 4.49. The van der Waals surface area contributed by atoms with Gasteiger partial charge in [0.05, 0.1) is 45.6 Å². The molecule has 170 valence electrons. The molecule has 0 unspecified atom stereocenters. The van der Waals surface area contributed by atoms with E-state index in [9.17, 15) is 9.59 Å². The van der Waals surface area contributed by atoms with Crippen LogP contribution in [0.5, 0.6) is 5.75 Å². The molecule has 6 nitrogen and oxygen atoms in total. The normalized spacial score (nSPS) is 15.8. The monoisotopic (exact) mass is 502 g/mol. The zero-order valence-corrected chi connectivity index (χ0v) is 20.4. The Morgan fingerprint density at radius 1 is 1.18 bits per heavy atom. The average molecular weight is 503 g/mol. The van der Waals surface area contributed by atoms with Crippen molar-refractivity contribution in [2.45, 2.75) is 19.9 Å². The largest absolute Gasteiger partial charge is 0.497 e. The predicted octanol–water partition coefficient (Wildman–Crippen LogP) is 4.11. The van der Waals surface area contributed by atoms with Crippen LogP contribution in [-0.2, 0) is 9.53 Å². The molecule has 0 spiro atoms. The van der Waals surface area contributed by atoms with Gasteiger partial charge in [-0.05, 0) is 55.3 Å². The van der Waals surface area contributed by atoms with Crippen LogP contribution in [0.25, 0.3) is 6.08 Å². The van der Waals surface area contributed by atoms with Crippen molar-refractivity contribution in [1.29, 1.82) is 0 Å². The quantitative estimate of drug-likeness (QED) is 0.492. The maximum Gasteiger partial charge on any atom is 0.338 e. The predicted molar refractivity (Wildman–Crippen MR) is 130 cm³/mol. The molecule has 9 heteroatoms. The van der Waals surface area contributed by atoms with Crippen molar-refractivity contribution in [2.75, 3.05) is 13.7 Å². The van der Waals surface area contributed by atoms with Gasteiger partial charge in [0.1, 0.15) is 5.75 Å². The van der Waals surface area contributed by atoms with Crippen LogP contribution >= 0.6 is 34.5 Å². The smallest absolute Gasteiger partial charge is 0.338 e. The van der Waals surface area contributed by atoms with E-state index in [0.717, 1.165) is 11.1 Å². The Labute approximate surface area is 204 Å². The second kappa shape index (κ2) is 9.55. The summed E-state index contributed by atoms with van der Waals surface area (Å²) in [4.78, 5) is 31.5. The number of esters is 1. The van der Waals surface area contributed by atoms with Gasteiger partial charge in [0.2, 0.25) is 0 Å². The lowest BCUT2D eigenvalue weighted by Gasteiger charge is -2.24. The molecule has 0 bridgehead atoms. The first-order chi connectivity index (χ1) is 15.8. The highest BCUT2D eigenvalue weighted by Crippen LogP contribution is 2.31. The minimum Gasteiger partial charge on any atom is -0.497 e. The molecule has 0 amide bonds. The lowest BCUT2D eigenvalue weighted by molar-refractivity contribution is -0.139. The molecule has 0 radical (unpaired) electrons. The van der Waals surface area contributed by atoms with Gasteiger partial charge in [0.15, 0.2) is 4.80 Å². The van der Waals surface area contributed by atoms with Gasteiger partial charge in [-0.3, -0.25) is 9.36 Å². The van der Waals surface area contributed by atoms with Crippen molar-refractivity contribution < 1.29 is 14.3 Å². The van der Waals surface area contributed by atoms with Gasteiger partial charge in [0.25, 0.3) is 5.56 Å². The number of carbonyl (C=O) groups excluding carboxylic acids is 1. The second-order valence-electron chi connectivity index (χ2n) is 7.25. The molecule has 2 heterocycles. The fourth-order valence-corrected chi connectivity index (χ4v) is 5.00. The van der Waals surface area contributed by atoms with Gasteiger partial charge in [-0.25, -0.2) is 9.79 Å². The molecule has 1 aromatic heterocycles. The maximum atomic E-state index is 13.5. The van der Waals surface area contributed by atoms with Gasteiger partial charge in [-0.1, -0.05) is 52.7 Å². The third-order valence-corrected chi connectivity index (χ3v) is 6.91. The molecule has 1 aliphatic heterocycles. The Morgan fingerprint density at radius 3 is 2.55 bits per heavy atom. The SMILES string of the molecule is CCOC(=O)C1=C(C)N=c2sc(=Cc3ccc(Cl)c(Cl)c3)c(=O)n2[C@@H]1c1ccc(OC)cc1. The number of hydrogen-bond acceptors (Lipinski definition) is 6. The number of carbonyl (C=O) groups is 1. The Bertz CT molecular complexity index is 1440. The second-order valence-corrected chi connectivity index (χ2v) is 9.07. The van der Waals surface area contributed by atoms with Gasteiger partial charge >= 0.3 is 5.97 Å². The lowest BCUT2D eigenvalue weighted by atomic mass is 9.96. The van der Waals surface area contributed by atoms with Crippen LogP contribution in [0.15, 0.2) is 63.5 Å². The number of thiazole rings is 1. The number of fused-ring (bicyclic) bond motifs is 1. The summed E-state index contributed by atoms with van der Waals surface area (Å²) in [5.41, 5.74) is 2.05. The minimum atomic E-state index is -0.679. The van der Waals surface area contributed by atoms with Crippen molar-refractivity contribution in [1.82, 2.24) is 4.57 Å². The first kappa shape index (κ1) is 23.3. The maximum absolute atomic E-state index is 13.5. The van der Waals surface area contributed by atoms with Gasteiger partial charge in [-0.2, -0.15) is 0 Å². The number of hydrogen-bond donors (Lipinski definition) is 0. The topological polar surface area (TPSA) is 69.9 Å². The van der Waals surface area contributed by atoms with E-state index in [1.807, 2.05) is 12.1 Å². The Balaban J connectivity index is 1.94. The molecule has 3 aromatic rings. The summed E-state index contributed by atoms with van der Waals surface area (Å²) >= 11 is 13.4. The van der Waals surface area contributed by atoms with Crippen LogP contribution in [0, 0.1) is 0 Å². The number of aromatic nitrogens is 1. The first-order valence-corrected chi connectivity index (χ1v) is 11.7.